The summed E-state index contributed by atoms with van der Waals surface area (Å²) in [7, 11) is 0. The molecular weight excluding hydrogens is 302 g/mol. The van der Waals surface area contributed by atoms with Gasteiger partial charge in [-0.05, 0) is 32.1 Å². The Morgan fingerprint density at radius 2 is 1.96 bits per heavy atom. The Labute approximate surface area is 146 Å². The van der Waals surface area contributed by atoms with Gasteiger partial charge in [-0.1, -0.05) is 39.8 Å². The van der Waals surface area contributed by atoms with Crippen molar-refractivity contribution in [1.29, 1.82) is 0 Å². The Balaban J connectivity index is 2.49. The van der Waals surface area contributed by atoms with Crippen LogP contribution >= 0.6 is 0 Å². The largest absolute Gasteiger partial charge is 0.357 e. The van der Waals surface area contributed by atoms with Crippen LogP contribution in [0.1, 0.15) is 78.9 Å². The Morgan fingerprint density at radius 1 is 1.25 bits per heavy atom. The monoisotopic (exact) mass is 337 g/mol. The van der Waals surface area contributed by atoms with Gasteiger partial charge in [-0.3, -0.25) is 4.99 Å². The van der Waals surface area contributed by atoms with Gasteiger partial charge >= 0.3 is 0 Å². The molecular formula is C18H35N5O. The second-order valence-electron chi connectivity index (χ2n) is 7.86. The highest BCUT2D eigenvalue weighted by molar-refractivity contribution is 5.80. The number of hydrogen-bond acceptors (Lipinski definition) is 4. The molecule has 1 aromatic rings. The van der Waals surface area contributed by atoms with E-state index in [4.69, 9.17) is 4.52 Å². The molecule has 1 atom stereocenters. The molecule has 0 bridgehead atoms. The van der Waals surface area contributed by atoms with Crippen LogP contribution < -0.4 is 10.6 Å². The third kappa shape index (κ3) is 8.31. The molecule has 0 saturated carbocycles. The van der Waals surface area contributed by atoms with Gasteiger partial charge < -0.3 is 15.2 Å². The Hall–Kier alpha value is -1.59. The van der Waals surface area contributed by atoms with Crippen LogP contribution in [0.4, 0.5) is 0 Å². The first-order valence-electron chi connectivity index (χ1n) is 9.08. The van der Waals surface area contributed by atoms with Crippen molar-refractivity contribution < 1.29 is 4.52 Å². The standard InChI is InChI=1S/C18H35N5O/c1-8-19-17(21-14(4)9-11-18(5,6)7)20-12-10-15-22-16(13(2)3)23-24-15/h13-14H,8-12H2,1-7H3,(H2,19,20,21). The van der Waals surface area contributed by atoms with Gasteiger partial charge in [-0.15, -0.1) is 0 Å². The van der Waals surface area contributed by atoms with Crippen LogP contribution in [-0.4, -0.2) is 35.2 Å². The molecule has 2 N–H and O–H groups in total. The molecule has 6 heteroatoms. The number of aliphatic imine (C=N–C) groups is 1. The second kappa shape index (κ2) is 9.64. The Kier molecular flexibility index (Phi) is 8.22. The molecule has 0 amide bonds. The fourth-order valence-electron chi connectivity index (χ4n) is 2.14. The van der Waals surface area contributed by atoms with Crippen molar-refractivity contribution in [1.82, 2.24) is 20.8 Å². The van der Waals surface area contributed by atoms with Gasteiger partial charge in [-0.2, -0.15) is 4.98 Å². The predicted molar refractivity (Wildman–Crippen MR) is 99.4 cm³/mol. The van der Waals surface area contributed by atoms with Crippen LogP contribution in [0, 0.1) is 5.41 Å². The normalized spacial score (nSPS) is 14.1. The van der Waals surface area contributed by atoms with Crippen LogP contribution in [0.3, 0.4) is 0 Å². The highest BCUT2D eigenvalue weighted by Gasteiger charge is 2.13. The van der Waals surface area contributed by atoms with E-state index >= 15 is 0 Å². The first-order valence-corrected chi connectivity index (χ1v) is 9.08. The van der Waals surface area contributed by atoms with E-state index in [1.165, 1.54) is 6.42 Å². The van der Waals surface area contributed by atoms with Crippen LogP contribution in [0.25, 0.3) is 0 Å². The third-order valence-corrected chi connectivity index (χ3v) is 3.65. The first kappa shape index (κ1) is 20.5. The summed E-state index contributed by atoms with van der Waals surface area (Å²) < 4.78 is 5.25. The van der Waals surface area contributed by atoms with E-state index < -0.39 is 0 Å². The minimum atomic E-state index is 0.286. The molecule has 0 aromatic carbocycles. The average Bonchev–Trinajstić information content (AvgIpc) is 2.94. The lowest BCUT2D eigenvalue weighted by atomic mass is 9.89. The van der Waals surface area contributed by atoms with Gasteiger partial charge in [0.15, 0.2) is 11.8 Å². The fraction of sp³-hybridized carbons (Fsp3) is 0.833. The van der Waals surface area contributed by atoms with E-state index in [2.05, 4.69) is 74.2 Å². The summed E-state index contributed by atoms with van der Waals surface area (Å²) in [5.74, 6) is 2.55. The molecule has 1 rings (SSSR count). The quantitative estimate of drug-likeness (QED) is 0.561. The molecule has 0 radical (unpaired) electrons. The van der Waals surface area contributed by atoms with Gasteiger partial charge in [0, 0.05) is 24.9 Å². The topological polar surface area (TPSA) is 75.3 Å². The lowest BCUT2D eigenvalue weighted by Gasteiger charge is -2.23. The molecule has 6 nitrogen and oxygen atoms in total. The number of nitrogens with zero attached hydrogens (tertiary/aromatic N) is 3. The summed E-state index contributed by atoms with van der Waals surface area (Å²) in [6.07, 6.45) is 2.96. The maximum atomic E-state index is 5.25. The lowest BCUT2D eigenvalue weighted by Crippen LogP contribution is -2.42. The number of aromatic nitrogens is 2. The maximum Gasteiger partial charge on any atom is 0.228 e. The average molecular weight is 338 g/mol. The van der Waals surface area contributed by atoms with Gasteiger partial charge in [0.2, 0.25) is 5.89 Å². The Bertz CT molecular complexity index is 502. The van der Waals surface area contributed by atoms with E-state index in [9.17, 15) is 0 Å². The third-order valence-electron chi connectivity index (χ3n) is 3.65. The van der Waals surface area contributed by atoms with Crippen molar-refractivity contribution in [2.45, 2.75) is 79.7 Å². The fourth-order valence-corrected chi connectivity index (χ4v) is 2.14. The maximum absolute atomic E-state index is 5.25. The van der Waals surface area contributed by atoms with Crippen molar-refractivity contribution in [3.8, 4) is 0 Å². The Morgan fingerprint density at radius 3 is 2.50 bits per heavy atom. The molecule has 0 aliphatic heterocycles. The zero-order chi connectivity index (χ0) is 18.2. The molecule has 0 fully saturated rings. The highest BCUT2D eigenvalue weighted by Crippen LogP contribution is 2.21. The summed E-state index contributed by atoms with van der Waals surface area (Å²) in [6, 6.07) is 0.387. The minimum Gasteiger partial charge on any atom is -0.357 e. The van der Waals surface area contributed by atoms with E-state index in [-0.39, 0.29) is 5.92 Å². The van der Waals surface area contributed by atoms with Crippen molar-refractivity contribution in [3.05, 3.63) is 11.7 Å². The second-order valence-corrected chi connectivity index (χ2v) is 7.86. The summed E-state index contributed by atoms with van der Waals surface area (Å²) in [5, 5.41) is 10.7. The van der Waals surface area contributed by atoms with Crippen LogP contribution in [0.2, 0.25) is 0 Å². The van der Waals surface area contributed by atoms with Gasteiger partial charge in [0.1, 0.15) is 0 Å². The van der Waals surface area contributed by atoms with Gasteiger partial charge in [0.05, 0.1) is 6.54 Å². The minimum absolute atomic E-state index is 0.286. The molecule has 138 valence electrons. The molecule has 1 aromatic heterocycles. The first-order chi connectivity index (χ1) is 11.2. The molecule has 1 unspecified atom stereocenters. The van der Waals surface area contributed by atoms with Crippen molar-refractivity contribution in [2.75, 3.05) is 13.1 Å². The zero-order valence-corrected chi connectivity index (χ0v) is 16.4. The van der Waals surface area contributed by atoms with Gasteiger partial charge in [-0.25, -0.2) is 0 Å². The summed E-state index contributed by atoms with van der Waals surface area (Å²) in [4.78, 5) is 9.00. The molecule has 0 aliphatic carbocycles. The van der Waals surface area contributed by atoms with Crippen LogP contribution in [-0.2, 0) is 6.42 Å². The van der Waals surface area contributed by atoms with Crippen LogP contribution in [0.15, 0.2) is 9.52 Å². The van der Waals surface area contributed by atoms with Crippen LogP contribution in [0.5, 0.6) is 0 Å². The summed E-state index contributed by atoms with van der Waals surface area (Å²) >= 11 is 0. The number of rotatable bonds is 8. The molecule has 24 heavy (non-hydrogen) atoms. The zero-order valence-electron chi connectivity index (χ0n) is 16.4. The molecule has 0 aliphatic rings. The lowest BCUT2D eigenvalue weighted by molar-refractivity contribution is 0.346. The summed E-state index contributed by atoms with van der Waals surface area (Å²) in [6.45, 7) is 16.7. The van der Waals surface area contributed by atoms with E-state index in [1.54, 1.807) is 0 Å². The number of nitrogens with one attached hydrogen (secondary N) is 2. The molecule has 1 heterocycles. The number of guanidine groups is 1. The summed E-state index contributed by atoms with van der Waals surface area (Å²) in [5.41, 5.74) is 0.359. The predicted octanol–water partition coefficient (Wildman–Crippen LogP) is 3.51. The van der Waals surface area contributed by atoms with Crippen molar-refractivity contribution in [3.63, 3.8) is 0 Å². The van der Waals surface area contributed by atoms with E-state index in [0.717, 1.165) is 24.7 Å². The SMILES string of the molecule is CCNC(=NCCc1nc(C(C)C)no1)NC(C)CCC(C)(C)C. The van der Waals surface area contributed by atoms with Crippen molar-refractivity contribution in [2.24, 2.45) is 10.4 Å². The van der Waals surface area contributed by atoms with Crippen molar-refractivity contribution >= 4 is 5.96 Å². The van der Waals surface area contributed by atoms with Gasteiger partial charge in [0.25, 0.3) is 0 Å². The van der Waals surface area contributed by atoms with E-state index in [0.29, 0.717) is 30.3 Å². The molecule has 0 saturated heterocycles. The number of hydrogen-bond donors (Lipinski definition) is 2. The molecule has 0 spiro atoms. The smallest absolute Gasteiger partial charge is 0.228 e. The highest BCUT2D eigenvalue weighted by atomic mass is 16.5. The van der Waals surface area contributed by atoms with E-state index in [1.807, 2.05) is 0 Å².